The van der Waals surface area contributed by atoms with Crippen molar-refractivity contribution in [1.82, 2.24) is 0 Å². The van der Waals surface area contributed by atoms with E-state index in [9.17, 15) is 4.79 Å². The third-order valence-electron chi connectivity index (χ3n) is 4.22. The van der Waals surface area contributed by atoms with Gasteiger partial charge in [0.25, 0.3) is 0 Å². The zero-order valence-electron chi connectivity index (χ0n) is 13.5. The highest BCUT2D eigenvalue weighted by atomic mass is 28.4. The summed E-state index contributed by atoms with van der Waals surface area (Å²) in [6.07, 6.45) is 3.42. The molecule has 1 atom stereocenters. The third-order valence-corrected chi connectivity index (χ3v) is 8.76. The van der Waals surface area contributed by atoms with Crippen molar-refractivity contribution < 1.29 is 9.22 Å². The summed E-state index contributed by atoms with van der Waals surface area (Å²) in [5.74, 6) is 0. The molecule has 0 radical (unpaired) electrons. The van der Waals surface area contributed by atoms with Gasteiger partial charge >= 0.3 is 0 Å². The Morgan fingerprint density at radius 3 is 2.30 bits per heavy atom. The Balaban J connectivity index is 2.63. The fraction of sp³-hybridized carbons (Fsp3) is 0.588. The molecule has 20 heavy (non-hydrogen) atoms. The molecule has 1 aromatic rings. The minimum Gasteiger partial charge on any atom is -0.413 e. The Morgan fingerprint density at radius 1 is 1.20 bits per heavy atom. The summed E-state index contributed by atoms with van der Waals surface area (Å²) < 4.78 is 6.37. The molecule has 1 rings (SSSR count). The molecule has 0 fully saturated rings. The van der Waals surface area contributed by atoms with Crippen molar-refractivity contribution >= 4 is 14.6 Å². The van der Waals surface area contributed by atoms with E-state index >= 15 is 0 Å². The van der Waals surface area contributed by atoms with Gasteiger partial charge in [0.1, 0.15) is 6.29 Å². The van der Waals surface area contributed by atoms with Crippen LogP contribution in [0.2, 0.25) is 18.1 Å². The molecule has 112 valence electrons. The van der Waals surface area contributed by atoms with E-state index in [0.717, 1.165) is 19.1 Å². The average Bonchev–Trinajstić information content (AvgIpc) is 2.36. The molecule has 0 heterocycles. The maximum absolute atomic E-state index is 10.9. The Labute approximate surface area is 124 Å². The minimum atomic E-state index is -1.80. The van der Waals surface area contributed by atoms with Crippen molar-refractivity contribution in [1.29, 1.82) is 0 Å². The number of hydrogen-bond acceptors (Lipinski definition) is 2. The molecule has 1 unspecified atom stereocenters. The molecule has 0 aliphatic heterocycles. The zero-order chi connectivity index (χ0) is 15.2. The van der Waals surface area contributed by atoms with Crippen LogP contribution in [0.4, 0.5) is 0 Å². The van der Waals surface area contributed by atoms with Crippen LogP contribution in [0, 0.1) is 0 Å². The van der Waals surface area contributed by atoms with E-state index in [1.54, 1.807) is 0 Å². The van der Waals surface area contributed by atoms with E-state index in [-0.39, 0.29) is 11.1 Å². The highest BCUT2D eigenvalue weighted by molar-refractivity contribution is 6.74. The SMILES string of the molecule is CC(C)(C)[Si](C)(C)OC(CC=O)CCc1ccccc1. The number of benzene rings is 1. The van der Waals surface area contributed by atoms with Gasteiger partial charge in [-0.1, -0.05) is 51.1 Å². The van der Waals surface area contributed by atoms with Crippen LogP contribution in [0.1, 0.15) is 39.2 Å². The summed E-state index contributed by atoms with van der Waals surface area (Å²) in [7, 11) is -1.80. The van der Waals surface area contributed by atoms with Crippen molar-refractivity contribution in [3.63, 3.8) is 0 Å². The van der Waals surface area contributed by atoms with Gasteiger partial charge in [-0.25, -0.2) is 0 Å². The largest absolute Gasteiger partial charge is 0.413 e. The fourth-order valence-electron chi connectivity index (χ4n) is 1.90. The molecule has 1 aromatic carbocycles. The van der Waals surface area contributed by atoms with Crippen LogP contribution in [0.3, 0.4) is 0 Å². The first kappa shape index (κ1) is 17.1. The molecule has 0 amide bonds. The summed E-state index contributed by atoms with van der Waals surface area (Å²) in [6.45, 7) is 11.2. The van der Waals surface area contributed by atoms with E-state index in [0.29, 0.717) is 6.42 Å². The number of hydrogen-bond donors (Lipinski definition) is 0. The molecule has 0 N–H and O–H groups in total. The van der Waals surface area contributed by atoms with Gasteiger partial charge in [-0.05, 0) is 36.5 Å². The van der Waals surface area contributed by atoms with Gasteiger partial charge in [-0.15, -0.1) is 0 Å². The summed E-state index contributed by atoms with van der Waals surface area (Å²) in [5, 5.41) is 0.181. The predicted molar refractivity (Wildman–Crippen MR) is 87.5 cm³/mol. The molecule has 0 aliphatic rings. The van der Waals surface area contributed by atoms with Crippen LogP contribution >= 0.6 is 0 Å². The smallest absolute Gasteiger partial charge is 0.192 e. The van der Waals surface area contributed by atoms with Gasteiger partial charge in [0.2, 0.25) is 0 Å². The lowest BCUT2D eigenvalue weighted by molar-refractivity contribution is -0.109. The van der Waals surface area contributed by atoms with Crippen LogP contribution in [0.5, 0.6) is 0 Å². The predicted octanol–water partition coefficient (Wildman–Crippen LogP) is 4.60. The van der Waals surface area contributed by atoms with Crippen molar-refractivity contribution in [3.05, 3.63) is 35.9 Å². The van der Waals surface area contributed by atoms with Crippen LogP contribution in [-0.2, 0) is 15.6 Å². The summed E-state index contributed by atoms with van der Waals surface area (Å²) in [5.41, 5.74) is 1.31. The number of aryl methyl sites for hydroxylation is 1. The summed E-state index contributed by atoms with van der Waals surface area (Å²) in [4.78, 5) is 10.9. The standard InChI is InChI=1S/C17H28O2Si/c1-17(2,3)20(4,5)19-16(13-14-18)12-11-15-9-7-6-8-10-15/h6-10,14,16H,11-13H2,1-5H3. The quantitative estimate of drug-likeness (QED) is 0.542. The third kappa shape index (κ3) is 5.21. The van der Waals surface area contributed by atoms with Crippen LogP contribution in [-0.4, -0.2) is 20.7 Å². The van der Waals surface area contributed by atoms with Gasteiger partial charge in [0.15, 0.2) is 8.32 Å². The second-order valence-electron chi connectivity index (χ2n) is 6.93. The first-order chi connectivity index (χ1) is 9.26. The highest BCUT2D eigenvalue weighted by Gasteiger charge is 2.38. The van der Waals surface area contributed by atoms with Crippen molar-refractivity contribution in [2.45, 2.75) is 64.3 Å². The molecule has 0 aliphatic carbocycles. The fourth-order valence-corrected chi connectivity index (χ4v) is 3.30. The van der Waals surface area contributed by atoms with Crippen LogP contribution < -0.4 is 0 Å². The molecule has 0 aromatic heterocycles. The maximum Gasteiger partial charge on any atom is 0.192 e. The average molecular weight is 292 g/mol. The second-order valence-corrected chi connectivity index (χ2v) is 11.7. The monoisotopic (exact) mass is 292 g/mol. The van der Waals surface area contributed by atoms with E-state index in [4.69, 9.17) is 4.43 Å². The van der Waals surface area contributed by atoms with E-state index in [1.165, 1.54) is 5.56 Å². The first-order valence-electron chi connectivity index (χ1n) is 7.41. The molecule has 0 spiro atoms. The summed E-state index contributed by atoms with van der Waals surface area (Å²) in [6, 6.07) is 10.4. The van der Waals surface area contributed by atoms with Gasteiger partial charge in [-0.3, -0.25) is 0 Å². The van der Waals surface area contributed by atoms with Crippen LogP contribution in [0.15, 0.2) is 30.3 Å². The minimum absolute atomic E-state index is 0.0496. The molecule has 0 saturated heterocycles. The molecular weight excluding hydrogens is 264 g/mol. The lowest BCUT2D eigenvalue weighted by atomic mass is 10.1. The van der Waals surface area contributed by atoms with Crippen molar-refractivity contribution in [2.75, 3.05) is 0 Å². The molecule has 3 heteroatoms. The number of carbonyl (C=O) groups excluding carboxylic acids is 1. The van der Waals surface area contributed by atoms with Gasteiger partial charge in [-0.2, -0.15) is 0 Å². The Hall–Kier alpha value is -0.933. The lowest BCUT2D eigenvalue weighted by Gasteiger charge is -2.39. The van der Waals surface area contributed by atoms with Crippen molar-refractivity contribution in [2.24, 2.45) is 0 Å². The second kappa shape index (κ2) is 7.18. The molecule has 0 bridgehead atoms. The molecule has 2 nitrogen and oxygen atoms in total. The summed E-state index contributed by atoms with van der Waals surface area (Å²) >= 11 is 0. The number of rotatable bonds is 7. The number of carbonyl (C=O) groups is 1. The van der Waals surface area contributed by atoms with Crippen LogP contribution in [0.25, 0.3) is 0 Å². The zero-order valence-corrected chi connectivity index (χ0v) is 14.5. The van der Waals surface area contributed by atoms with E-state index in [1.807, 2.05) is 6.07 Å². The lowest BCUT2D eigenvalue weighted by Crippen LogP contribution is -2.44. The highest BCUT2D eigenvalue weighted by Crippen LogP contribution is 2.38. The van der Waals surface area contributed by atoms with Gasteiger partial charge < -0.3 is 9.22 Å². The van der Waals surface area contributed by atoms with E-state index < -0.39 is 8.32 Å². The Bertz CT molecular complexity index is 407. The topological polar surface area (TPSA) is 26.3 Å². The van der Waals surface area contributed by atoms with E-state index in [2.05, 4.69) is 58.1 Å². The molecule has 0 saturated carbocycles. The Kier molecular flexibility index (Phi) is 6.15. The van der Waals surface area contributed by atoms with Gasteiger partial charge in [0.05, 0.1) is 6.10 Å². The Morgan fingerprint density at radius 2 is 1.80 bits per heavy atom. The molecular formula is C17H28O2Si. The number of aldehydes is 1. The van der Waals surface area contributed by atoms with Gasteiger partial charge in [0, 0.05) is 6.42 Å². The normalized spacial score (nSPS) is 14.1. The first-order valence-corrected chi connectivity index (χ1v) is 10.3. The maximum atomic E-state index is 10.9. The van der Waals surface area contributed by atoms with Crippen molar-refractivity contribution in [3.8, 4) is 0 Å².